The van der Waals surface area contributed by atoms with Gasteiger partial charge in [0, 0.05) is 31.1 Å². The molecule has 7 nitrogen and oxygen atoms in total. The Morgan fingerprint density at radius 2 is 2.00 bits per heavy atom. The SMILES string of the molecule is Cc1oc2ccccc2c1CC(=O)N1CCN2C(=O)N(C)C(=O)C2C1. The standard InChI is InChI=1S/C18H19N3O4/c1-11-13(12-5-3-4-6-15(12)25-11)9-16(22)20-7-8-21-14(10-20)17(23)19(2)18(21)24/h3-6,14H,7-10H2,1-2H3. The molecule has 2 aliphatic heterocycles. The maximum atomic E-state index is 12.8. The fourth-order valence-corrected chi connectivity index (χ4v) is 3.66. The number of carbonyl (C=O) groups is 3. The zero-order chi connectivity index (χ0) is 17.7. The van der Waals surface area contributed by atoms with Gasteiger partial charge < -0.3 is 14.2 Å². The minimum absolute atomic E-state index is 0.0518. The van der Waals surface area contributed by atoms with Crippen LogP contribution < -0.4 is 0 Å². The number of furan rings is 1. The summed E-state index contributed by atoms with van der Waals surface area (Å²) in [7, 11) is 1.48. The predicted molar refractivity (Wildman–Crippen MR) is 89.9 cm³/mol. The molecule has 2 aliphatic rings. The molecule has 1 unspecified atom stereocenters. The van der Waals surface area contributed by atoms with Crippen molar-refractivity contribution in [1.82, 2.24) is 14.7 Å². The van der Waals surface area contributed by atoms with E-state index < -0.39 is 6.04 Å². The highest BCUT2D eigenvalue weighted by molar-refractivity contribution is 6.04. The Kier molecular flexibility index (Phi) is 3.52. The Bertz CT molecular complexity index is 888. The molecule has 1 atom stereocenters. The first-order valence-corrected chi connectivity index (χ1v) is 8.30. The van der Waals surface area contributed by atoms with Gasteiger partial charge in [-0.25, -0.2) is 4.79 Å². The Balaban J connectivity index is 1.53. The van der Waals surface area contributed by atoms with E-state index in [0.29, 0.717) is 13.1 Å². The fraction of sp³-hybridized carbons (Fsp3) is 0.389. The summed E-state index contributed by atoms with van der Waals surface area (Å²) < 4.78 is 5.72. The lowest BCUT2D eigenvalue weighted by Crippen LogP contribution is -2.55. The van der Waals surface area contributed by atoms with Gasteiger partial charge in [0.2, 0.25) is 5.91 Å². The number of urea groups is 1. The summed E-state index contributed by atoms with van der Waals surface area (Å²) in [5, 5.41) is 0.943. The van der Waals surface area contributed by atoms with E-state index in [0.717, 1.165) is 27.2 Å². The zero-order valence-electron chi connectivity index (χ0n) is 14.2. The molecule has 3 heterocycles. The van der Waals surface area contributed by atoms with Crippen LogP contribution in [0, 0.1) is 6.92 Å². The van der Waals surface area contributed by atoms with Crippen molar-refractivity contribution in [2.45, 2.75) is 19.4 Å². The van der Waals surface area contributed by atoms with E-state index >= 15 is 0 Å². The van der Waals surface area contributed by atoms with E-state index in [-0.39, 0.29) is 30.8 Å². The molecule has 2 saturated heterocycles. The second-order valence-corrected chi connectivity index (χ2v) is 6.54. The molecule has 0 radical (unpaired) electrons. The van der Waals surface area contributed by atoms with Gasteiger partial charge in [0.1, 0.15) is 17.4 Å². The number of fused-ring (bicyclic) bond motifs is 2. The van der Waals surface area contributed by atoms with Crippen molar-refractivity contribution in [3.8, 4) is 0 Å². The average Bonchev–Trinajstić information content (AvgIpc) is 3.04. The molecule has 130 valence electrons. The molecule has 0 N–H and O–H groups in total. The highest BCUT2D eigenvalue weighted by atomic mass is 16.3. The summed E-state index contributed by atoms with van der Waals surface area (Å²) in [6.07, 6.45) is 0.230. The number of imide groups is 1. The number of hydrogen-bond acceptors (Lipinski definition) is 4. The zero-order valence-corrected chi connectivity index (χ0v) is 14.2. The maximum Gasteiger partial charge on any atom is 0.327 e. The van der Waals surface area contributed by atoms with Crippen LogP contribution >= 0.6 is 0 Å². The van der Waals surface area contributed by atoms with Crippen molar-refractivity contribution in [3.05, 3.63) is 35.6 Å². The molecule has 4 amide bonds. The molecular weight excluding hydrogens is 322 g/mol. The number of benzene rings is 1. The molecule has 4 rings (SSSR count). The molecular formula is C18H19N3O4. The van der Waals surface area contributed by atoms with E-state index in [1.807, 2.05) is 31.2 Å². The van der Waals surface area contributed by atoms with Gasteiger partial charge in [-0.15, -0.1) is 0 Å². The molecule has 1 aromatic heterocycles. The molecule has 2 aromatic rings. The summed E-state index contributed by atoms with van der Waals surface area (Å²) in [5.74, 6) is 0.441. The van der Waals surface area contributed by atoms with Crippen molar-refractivity contribution in [2.24, 2.45) is 0 Å². The van der Waals surface area contributed by atoms with Crippen LogP contribution in [0.3, 0.4) is 0 Å². The van der Waals surface area contributed by atoms with Gasteiger partial charge in [-0.05, 0) is 13.0 Å². The van der Waals surface area contributed by atoms with Gasteiger partial charge in [-0.1, -0.05) is 18.2 Å². The molecule has 25 heavy (non-hydrogen) atoms. The third-order valence-corrected chi connectivity index (χ3v) is 5.11. The van der Waals surface area contributed by atoms with Crippen LogP contribution in [-0.4, -0.2) is 65.3 Å². The van der Waals surface area contributed by atoms with Gasteiger partial charge in [-0.3, -0.25) is 14.5 Å². The van der Waals surface area contributed by atoms with Crippen LogP contribution in [0.1, 0.15) is 11.3 Å². The average molecular weight is 341 g/mol. The van der Waals surface area contributed by atoms with Gasteiger partial charge in [0.05, 0.1) is 13.0 Å². The van der Waals surface area contributed by atoms with Crippen molar-refractivity contribution < 1.29 is 18.8 Å². The van der Waals surface area contributed by atoms with Crippen LogP contribution in [-0.2, 0) is 16.0 Å². The third kappa shape index (κ3) is 2.38. The van der Waals surface area contributed by atoms with Gasteiger partial charge in [0.15, 0.2) is 0 Å². The van der Waals surface area contributed by atoms with Crippen molar-refractivity contribution in [2.75, 3.05) is 26.7 Å². The highest BCUT2D eigenvalue weighted by Crippen LogP contribution is 2.27. The second kappa shape index (κ2) is 5.61. The molecule has 7 heteroatoms. The monoisotopic (exact) mass is 341 g/mol. The lowest BCUT2D eigenvalue weighted by Gasteiger charge is -2.35. The largest absolute Gasteiger partial charge is 0.461 e. The van der Waals surface area contributed by atoms with Crippen molar-refractivity contribution in [3.63, 3.8) is 0 Å². The van der Waals surface area contributed by atoms with Gasteiger partial charge in [-0.2, -0.15) is 0 Å². The number of likely N-dealkylation sites (N-methyl/N-ethyl adjacent to an activating group) is 1. The van der Waals surface area contributed by atoms with Crippen LogP contribution in [0.25, 0.3) is 11.0 Å². The molecule has 0 aliphatic carbocycles. The molecule has 1 aromatic carbocycles. The van der Waals surface area contributed by atoms with Gasteiger partial charge >= 0.3 is 6.03 Å². The van der Waals surface area contributed by atoms with E-state index in [1.165, 1.54) is 7.05 Å². The number of rotatable bonds is 2. The fourth-order valence-electron chi connectivity index (χ4n) is 3.66. The second-order valence-electron chi connectivity index (χ2n) is 6.54. The molecule has 2 fully saturated rings. The van der Waals surface area contributed by atoms with Crippen LogP contribution in [0.2, 0.25) is 0 Å². The quantitative estimate of drug-likeness (QED) is 0.774. The smallest absolute Gasteiger partial charge is 0.327 e. The molecule has 0 saturated carbocycles. The normalized spacial score (nSPS) is 20.6. The minimum Gasteiger partial charge on any atom is -0.461 e. The van der Waals surface area contributed by atoms with Crippen molar-refractivity contribution in [1.29, 1.82) is 0 Å². The summed E-state index contributed by atoms with van der Waals surface area (Å²) in [6, 6.07) is 6.81. The first kappa shape index (κ1) is 15.7. The Morgan fingerprint density at radius 3 is 2.80 bits per heavy atom. The maximum absolute atomic E-state index is 12.8. The van der Waals surface area contributed by atoms with E-state index in [1.54, 1.807) is 9.80 Å². The number of carbonyl (C=O) groups excluding carboxylic acids is 3. The summed E-state index contributed by atoms with van der Waals surface area (Å²) >= 11 is 0. The lowest BCUT2D eigenvalue weighted by atomic mass is 10.1. The topological polar surface area (TPSA) is 74.1 Å². The predicted octanol–water partition coefficient (Wildman–Crippen LogP) is 1.39. The first-order chi connectivity index (χ1) is 12.0. The summed E-state index contributed by atoms with van der Waals surface area (Å²) in [5.41, 5.74) is 1.65. The molecule has 0 bridgehead atoms. The third-order valence-electron chi connectivity index (χ3n) is 5.11. The number of piperazine rings is 1. The number of amides is 4. The van der Waals surface area contributed by atoms with Crippen LogP contribution in [0.4, 0.5) is 4.79 Å². The minimum atomic E-state index is -0.558. The van der Waals surface area contributed by atoms with Gasteiger partial charge in [0.25, 0.3) is 5.91 Å². The van der Waals surface area contributed by atoms with Crippen LogP contribution in [0.15, 0.2) is 28.7 Å². The number of para-hydroxylation sites is 1. The Hall–Kier alpha value is -2.83. The lowest BCUT2D eigenvalue weighted by molar-refractivity contribution is -0.135. The van der Waals surface area contributed by atoms with Crippen molar-refractivity contribution >= 4 is 28.8 Å². The molecule has 0 spiro atoms. The van der Waals surface area contributed by atoms with E-state index in [4.69, 9.17) is 4.42 Å². The first-order valence-electron chi connectivity index (χ1n) is 8.30. The van der Waals surface area contributed by atoms with Crippen LogP contribution in [0.5, 0.6) is 0 Å². The highest BCUT2D eigenvalue weighted by Gasteiger charge is 2.46. The number of aryl methyl sites for hydroxylation is 1. The Morgan fingerprint density at radius 1 is 1.24 bits per heavy atom. The number of nitrogens with zero attached hydrogens (tertiary/aromatic N) is 3. The number of hydrogen-bond donors (Lipinski definition) is 0. The summed E-state index contributed by atoms with van der Waals surface area (Å²) in [4.78, 5) is 41.3. The van der Waals surface area contributed by atoms with E-state index in [2.05, 4.69) is 0 Å². The van der Waals surface area contributed by atoms with E-state index in [9.17, 15) is 14.4 Å². The summed E-state index contributed by atoms with van der Waals surface area (Å²) in [6.45, 7) is 2.94. The Labute approximate surface area is 144 Å².